The number of anilines is 2. The molecule has 22 heavy (non-hydrogen) atoms. The maximum Gasteiger partial charge on any atom is 0.276 e. The number of nitrogens with one attached hydrogen (secondary N) is 2. The Morgan fingerprint density at radius 1 is 1.09 bits per heavy atom. The van der Waals surface area contributed by atoms with Crippen LogP contribution >= 0.6 is 0 Å². The monoisotopic (exact) mass is 297 g/mol. The van der Waals surface area contributed by atoms with Crippen LogP contribution in [0.5, 0.6) is 0 Å². The third-order valence-corrected chi connectivity index (χ3v) is 3.63. The van der Waals surface area contributed by atoms with Crippen molar-refractivity contribution >= 4 is 17.4 Å². The van der Waals surface area contributed by atoms with Gasteiger partial charge in [0.25, 0.3) is 5.91 Å². The topological polar surface area (TPSA) is 70.2 Å². The van der Waals surface area contributed by atoms with Crippen molar-refractivity contribution in [1.82, 2.24) is 15.5 Å². The Bertz CT molecular complexity index is 633. The van der Waals surface area contributed by atoms with Gasteiger partial charge in [0, 0.05) is 31.9 Å². The summed E-state index contributed by atoms with van der Waals surface area (Å²) in [5.41, 5.74) is 2.22. The van der Waals surface area contributed by atoms with Crippen LogP contribution in [-0.2, 0) is 0 Å². The molecule has 114 valence electrons. The number of aryl methyl sites for hydroxylation is 1. The Morgan fingerprint density at radius 2 is 1.82 bits per heavy atom. The first kappa shape index (κ1) is 14.5. The number of carbonyl (C=O) groups is 1. The van der Waals surface area contributed by atoms with E-state index in [1.165, 1.54) is 0 Å². The van der Waals surface area contributed by atoms with Crippen LogP contribution in [0.4, 0.5) is 11.5 Å². The molecule has 1 aliphatic heterocycles. The Balaban J connectivity index is 1.66. The molecule has 2 heterocycles. The highest BCUT2D eigenvalue weighted by Gasteiger charge is 2.14. The largest absolute Gasteiger partial charge is 0.353 e. The molecule has 1 fully saturated rings. The van der Waals surface area contributed by atoms with Crippen LogP contribution in [-0.4, -0.2) is 42.3 Å². The highest BCUT2D eigenvalue weighted by molar-refractivity contribution is 6.02. The fourth-order valence-electron chi connectivity index (χ4n) is 2.34. The summed E-state index contributed by atoms with van der Waals surface area (Å²) in [6.45, 7) is 5.70. The van der Waals surface area contributed by atoms with Gasteiger partial charge in [-0.3, -0.25) is 4.79 Å². The van der Waals surface area contributed by atoms with Crippen LogP contribution in [0.2, 0.25) is 0 Å². The van der Waals surface area contributed by atoms with Crippen LogP contribution < -0.4 is 15.5 Å². The minimum Gasteiger partial charge on any atom is -0.353 e. The van der Waals surface area contributed by atoms with Gasteiger partial charge in [-0.15, -0.1) is 10.2 Å². The van der Waals surface area contributed by atoms with Gasteiger partial charge < -0.3 is 15.5 Å². The van der Waals surface area contributed by atoms with E-state index in [9.17, 15) is 4.79 Å². The second-order valence-corrected chi connectivity index (χ2v) is 5.33. The van der Waals surface area contributed by atoms with E-state index in [-0.39, 0.29) is 5.91 Å². The average Bonchev–Trinajstić information content (AvgIpc) is 2.58. The molecule has 0 spiro atoms. The number of hydrogen-bond acceptors (Lipinski definition) is 5. The molecule has 3 rings (SSSR count). The van der Waals surface area contributed by atoms with Crippen molar-refractivity contribution in [2.24, 2.45) is 0 Å². The van der Waals surface area contributed by atoms with Gasteiger partial charge in [0.2, 0.25) is 0 Å². The van der Waals surface area contributed by atoms with E-state index in [0.29, 0.717) is 5.69 Å². The third-order valence-electron chi connectivity index (χ3n) is 3.63. The van der Waals surface area contributed by atoms with Crippen LogP contribution in [0.25, 0.3) is 0 Å². The smallest absolute Gasteiger partial charge is 0.276 e. The van der Waals surface area contributed by atoms with Crippen LogP contribution in [0.1, 0.15) is 16.1 Å². The number of piperazine rings is 1. The number of hydrogen-bond donors (Lipinski definition) is 2. The summed E-state index contributed by atoms with van der Waals surface area (Å²) in [7, 11) is 0. The van der Waals surface area contributed by atoms with Gasteiger partial charge in [-0.05, 0) is 31.2 Å². The lowest BCUT2D eigenvalue weighted by molar-refractivity contribution is 0.102. The van der Waals surface area contributed by atoms with E-state index in [2.05, 4.69) is 25.7 Å². The summed E-state index contributed by atoms with van der Waals surface area (Å²) in [4.78, 5) is 14.3. The maximum atomic E-state index is 12.1. The summed E-state index contributed by atoms with van der Waals surface area (Å²) in [5, 5.41) is 14.3. The van der Waals surface area contributed by atoms with Crippen molar-refractivity contribution in [3.05, 3.63) is 47.7 Å². The van der Waals surface area contributed by atoms with E-state index < -0.39 is 0 Å². The normalized spacial score (nSPS) is 14.7. The summed E-state index contributed by atoms with van der Waals surface area (Å²) in [5.74, 6) is 0.566. The van der Waals surface area contributed by atoms with Crippen molar-refractivity contribution in [2.45, 2.75) is 6.92 Å². The predicted octanol–water partition coefficient (Wildman–Crippen LogP) is 1.45. The molecule has 0 aliphatic carbocycles. The Kier molecular flexibility index (Phi) is 4.29. The van der Waals surface area contributed by atoms with Gasteiger partial charge >= 0.3 is 0 Å². The molecule has 1 amide bonds. The van der Waals surface area contributed by atoms with Crippen molar-refractivity contribution < 1.29 is 4.79 Å². The molecule has 0 bridgehead atoms. The van der Waals surface area contributed by atoms with E-state index in [1.807, 2.05) is 37.3 Å². The number of rotatable bonds is 3. The SMILES string of the molecule is Cc1ccc(NC(=O)c2ccc(N3CCNCC3)nn2)cc1. The zero-order valence-electron chi connectivity index (χ0n) is 12.5. The van der Waals surface area contributed by atoms with Crippen molar-refractivity contribution in [2.75, 3.05) is 36.4 Å². The van der Waals surface area contributed by atoms with Gasteiger partial charge in [-0.1, -0.05) is 17.7 Å². The van der Waals surface area contributed by atoms with Gasteiger partial charge in [0.15, 0.2) is 11.5 Å². The molecule has 2 aromatic rings. The summed E-state index contributed by atoms with van der Waals surface area (Å²) in [6.07, 6.45) is 0. The van der Waals surface area contributed by atoms with E-state index >= 15 is 0 Å². The number of carbonyl (C=O) groups excluding carboxylic acids is 1. The molecular weight excluding hydrogens is 278 g/mol. The van der Waals surface area contributed by atoms with Crippen LogP contribution in [0.15, 0.2) is 36.4 Å². The molecule has 0 atom stereocenters. The minimum absolute atomic E-state index is 0.247. The summed E-state index contributed by atoms with van der Waals surface area (Å²) < 4.78 is 0. The average molecular weight is 297 g/mol. The third kappa shape index (κ3) is 3.40. The fraction of sp³-hybridized carbons (Fsp3) is 0.312. The highest BCUT2D eigenvalue weighted by Crippen LogP contribution is 2.12. The summed E-state index contributed by atoms with van der Waals surface area (Å²) in [6, 6.07) is 11.2. The minimum atomic E-state index is -0.247. The molecule has 0 unspecified atom stereocenters. The van der Waals surface area contributed by atoms with E-state index in [1.54, 1.807) is 6.07 Å². The molecule has 1 aromatic heterocycles. The Morgan fingerprint density at radius 3 is 2.45 bits per heavy atom. The van der Waals surface area contributed by atoms with Crippen molar-refractivity contribution in [3.63, 3.8) is 0 Å². The van der Waals surface area contributed by atoms with Gasteiger partial charge in [0.05, 0.1) is 0 Å². The molecule has 1 aliphatic rings. The number of amides is 1. The number of aromatic nitrogens is 2. The second kappa shape index (κ2) is 6.53. The molecule has 6 nitrogen and oxygen atoms in total. The van der Waals surface area contributed by atoms with Gasteiger partial charge in [-0.25, -0.2) is 0 Å². The standard InChI is InChI=1S/C16H19N5O/c1-12-2-4-13(5-3-12)18-16(22)14-6-7-15(20-19-14)21-10-8-17-9-11-21/h2-7,17H,8-11H2,1H3,(H,18,22). The molecule has 2 N–H and O–H groups in total. The number of nitrogens with zero attached hydrogens (tertiary/aromatic N) is 3. The molecule has 6 heteroatoms. The molecular formula is C16H19N5O. The zero-order valence-corrected chi connectivity index (χ0v) is 12.5. The van der Waals surface area contributed by atoms with Crippen molar-refractivity contribution in [3.8, 4) is 0 Å². The van der Waals surface area contributed by atoms with E-state index in [0.717, 1.165) is 43.2 Å². The Hall–Kier alpha value is -2.47. The second-order valence-electron chi connectivity index (χ2n) is 5.33. The lowest BCUT2D eigenvalue weighted by Gasteiger charge is -2.27. The first-order chi connectivity index (χ1) is 10.7. The molecule has 1 saturated heterocycles. The first-order valence-corrected chi connectivity index (χ1v) is 7.40. The van der Waals surface area contributed by atoms with Gasteiger partial charge in [0.1, 0.15) is 0 Å². The number of benzene rings is 1. The zero-order chi connectivity index (χ0) is 15.4. The quantitative estimate of drug-likeness (QED) is 0.897. The predicted molar refractivity (Wildman–Crippen MR) is 86.2 cm³/mol. The van der Waals surface area contributed by atoms with Crippen LogP contribution in [0, 0.1) is 6.92 Å². The highest BCUT2D eigenvalue weighted by atomic mass is 16.1. The van der Waals surface area contributed by atoms with Crippen molar-refractivity contribution in [1.29, 1.82) is 0 Å². The first-order valence-electron chi connectivity index (χ1n) is 7.40. The lowest BCUT2D eigenvalue weighted by atomic mass is 10.2. The van der Waals surface area contributed by atoms with Gasteiger partial charge in [-0.2, -0.15) is 0 Å². The molecule has 0 radical (unpaired) electrons. The maximum absolute atomic E-state index is 12.1. The molecule has 1 aromatic carbocycles. The Labute approximate surface area is 129 Å². The summed E-state index contributed by atoms with van der Waals surface area (Å²) >= 11 is 0. The lowest BCUT2D eigenvalue weighted by Crippen LogP contribution is -2.44. The van der Waals surface area contributed by atoms with E-state index in [4.69, 9.17) is 0 Å². The fourth-order valence-corrected chi connectivity index (χ4v) is 2.34. The molecule has 0 saturated carbocycles. The van der Waals surface area contributed by atoms with Crippen LogP contribution in [0.3, 0.4) is 0 Å².